The van der Waals surface area contributed by atoms with Gasteiger partial charge in [0.05, 0.1) is 6.61 Å². The van der Waals surface area contributed by atoms with Gasteiger partial charge in [0.2, 0.25) is 0 Å². The van der Waals surface area contributed by atoms with E-state index < -0.39 is 6.09 Å². The van der Waals surface area contributed by atoms with Crippen molar-refractivity contribution in [2.75, 3.05) is 6.61 Å². The van der Waals surface area contributed by atoms with Crippen molar-refractivity contribution in [2.45, 2.75) is 96.8 Å². The molecule has 0 spiro atoms. The van der Waals surface area contributed by atoms with Gasteiger partial charge < -0.3 is 10.5 Å². The molecule has 0 aliphatic heterocycles. The second kappa shape index (κ2) is 18.1. The molecule has 2 N–H and O–H groups in total. The van der Waals surface area contributed by atoms with Gasteiger partial charge in [-0.3, -0.25) is 0 Å². The number of hydrogen-bond donors (Lipinski definition) is 1. The van der Waals surface area contributed by atoms with Crippen molar-refractivity contribution in [3.63, 3.8) is 0 Å². The summed E-state index contributed by atoms with van der Waals surface area (Å²) >= 11 is 0. The first-order valence-electron chi connectivity index (χ1n) is 9.34. The zero-order valence-corrected chi connectivity index (χ0v) is 14.7. The number of unbranched alkanes of at least 4 members (excludes halogenated alkanes) is 12. The minimum Gasteiger partial charge on any atom is -0.450 e. The van der Waals surface area contributed by atoms with E-state index in [0.717, 1.165) is 25.7 Å². The fourth-order valence-electron chi connectivity index (χ4n) is 2.52. The summed E-state index contributed by atoms with van der Waals surface area (Å²) in [7, 11) is 0. The van der Waals surface area contributed by atoms with E-state index in [9.17, 15) is 4.79 Å². The van der Waals surface area contributed by atoms with E-state index in [4.69, 9.17) is 5.73 Å². The van der Waals surface area contributed by atoms with Crippen molar-refractivity contribution >= 4 is 6.09 Å². The third-order valence-electron chi connectivity index (χ3n) is 3.90. The van der Waals surface area contributed by atoms with E-state index in [1.807, 2.05) is 0 Å². The molecule has 0 aromatic heterocycles. The van der Waals surface area contributed by atoms with Crippen LogP contribution < -0.4 is 5.73 Å². The van der Waals surface area contributed by atoms with E-state index in [0.29, 0.717) is 6.61 Å². The summed E-state index contributed by atoms with van der Waals surface area (Å²) in [4.78, 5) is 10.3. The molecule has 3 heteroatoms. The van der Waals surface area contributed by atoms with Crippen LogP contribution >= 0.6 is 0 Å². The summed E-state index contributed by atoms with van der Waals surface area (Å²) in [6.07, 6.45) is 22.0. The molecule has 0 aromatic carbocycles. The Kier molecular flexibility index (Phi) is 17.2. The van der Waals surface area contributed by atoms with Gasteiger partial charge in [-0.1, -0.05) is 70.4 Å². The molecular weight excluding hydrogens is 274 g/mol. The maximum absolute atomic E-state index is 10.3. The molecule has 130 valence electrons. The Labute approximate surface area is 137 Å². The van der Waals surface area contributed by atoms with Crippen molar-refractivity contribution in [3.05, 3.63) is 12.2 Å². The fraction of sp³-hybridized carbons (Fsp3) is 0.842. The van der Waals surface area contributed by atoms with Crippen LogP contribution in [0.1, 0.15) is 96.8 Å². The molecule has 0 heterocycles. The highest BCUT2D eigenvalue weighted by Gasteiger charge is 1.93. The molecule has 0 aromatic rings. The first-order valence-corrected chi connectivity index (χ1v) is 9.34. The van der Waals surface area contributed by atoms with Gasteiger partial charge in [-0.15, -0.1) is 0 Å². The normalized spacial score (nSPS) is 11.1. The van der Waals surface area contributed by atoms with Crippen molar-refractivity contribution in [1.29, 1.82) is 0 Å². The second-order valence-electron chi connectivity index (χ2n) is 6.11. The van der Waals surface area contributed by atoms with Gasteiger partial charge >= 0.3 is 6.09 Å². The molecule has 3 nitrogen and oxygen atoms in total. The zero-order chi connectivity index (χ0) is 16.3. The van der Waals surface area contributed by atoms with Gasteiger partial charge in [0.25, 0.3) is 0 Å². The zero-order valence-electron chi connectivity index (χ0n) is 14.7. The molecule has 0 rings (SSSR count). The molecular formula is C19H37NO2. The highest BCUT2D eigenvalue weighted by atomic mass is 16.5. The quantitative estimate of drug-likeness (QED) is 0.276. The predicted molar refractivity (Wildman–Crippen MR) is 95.0 cm³/mol. The fourth-order valence-corrected chi connectivity index (χ4v) is 2.52. The summed E-state index contributed by atoms with van der Waals surface area (Å²) < 4.78 is 4.68. The van der Waals surface area contributed by atoms with Gasteiger partial charge in [0.15, 0.2) is 0 Å². The SMILES string of the molecule is CCCCCCCCCCC/C=C\CCCCCOC(N)=O. The summed E-state index contributed by atoms with van der Waals surface area (Å²) in [5.41, 5.74) is 4.89. The number of allylic oxidation sites excluding steroid dienone is 2. The standard InChI is InChI=1S/C19H37NO2/c1-2-3-4-5-6-7-8-9-10-11-12-13-14-15-16-17-18-22-19(20)21/h12-13H,2-11,14-18H2,1H3,(H2,20,21)/b13-12-. The van der Waals surface area contributed by atoms with E-state index in [-0.39, 0.29) is 0 Å². The Morgan fingerprint density at radius 1 is 0.773 bits per heavy atom. The van der Waals surface area contributed by atoms with Crippen LogP contribution in [0.3, 0.4) is 0 Å². The average Bonchev–Trinajstić information content (AvgIpc) is 2.50. The van der Waals surface area contributed by atoms with Gasteiger partial charge in [0.1, 0.15) is 0 Å². The van der Waals surface area contributed by atoms with E-state index in [2.05, 4.69) is 23.8 Å². The number of rotatable bonds is 16. The number of primary amides is 1. The first-order chi connectivity index (χ1) is 10.8. The average molecular weight is 312 g/mol. The molecule has 22 heavy (non-hydrogen) atoms. The third-order valence-corrected chi connectivity index (χ3v) is 3.90. The van der Waals surface area contributed by atoms with Crippen LogP contribution in [0.5, 0.6) is 0 Å². The molecule has 0 fully saturated rings. The minimum absolute atomic E-state index is 0.456. The van der Waals surface area contributed by atoms with Gasteiger partial charge in [-0.05, 0) is 38.5 Å². The largest absolute Gasteiger partial charge is 0.450 e. The summed E-state index contributed by atoms with van der Waals surface area (Å²) in [5, 5.41) is 0. The molecule has 0 unspecified atom stereocenters. The Bertz CT molecular complexity index is 264. The molecule has 0 saturated heterocycles. The Morgan fingerprint density at radius 2 is 1.23 bits per heavy atom. The lowest BCUT2D eigenvalue weighted by Gasteiger charge is -2.01. The predicted octanol–water partition coefficient (Wildman–Crippen LogP) is 6.12. The second-order valence-corrected chi connectivity index (χ2v) is 6.11. The Balaban J connectivity index is 3.07. The van der Waals surface area contributed by atoms with Crippen LogP contribution in [0.4, 0.5) is 4.79 Å². The lowest BCUT2D eigenvalue weighted by Crippen LogP contribution is -2.13. The maximum Gasteiger partial charge on any atom is 0.404 e. The van der Waals surface area contributed by atoms with Gasteiger partial charge in [-0.25, -0.2) is 4.79 Å². The van der Waals surface area contributed by atoms with Crippen LogP contribution in [0.15, 0.2) is 12.2 Å². The van der Waals surface area contributed by atoms with Crippen LogP contribution in [0.2, 0.25) is 0 Å². The van der Waals surface area contributed by atoms with Crippen molar-refractivity contribution in [1.82, 2.24) is 0 Å². The van der Waals surface area contributed by atoms with Crippen LogP contribution in [-0.4, -0.2) is 12.7 Å². The smallest absolute Gasteiger partial charge is 0.404 e. The maximum atomic E-state index is 10.3. The van der Waals surface area contributed by atoms with Crippen LogP contribution in [0.25, 0.3) is 0 Å². The molecule has 0 atom stereocenters. The van der Waals surface area contributed by atoms with E-state index in [1.54, 1.807) is 0 Å². The van der Waals surface area contributed by atoms with Gasteiger partial charge in [0, 0.05) is 0 Å². The molecule has 0 radical (unpaired) electrons. The van der Waals surface area contributed by atoms with Crippen molar-refractivity contribution in [3.8, 4) is 0 Å². The molecule has 1 amide bonds. The first kappa shape index (κ1) is 21.0. The minimum atomic E-state index is -0.666. The highest BCUT2D eigenvalue weighted by Crippen LogP contribution is 2.11. The van der Waals surface area contributed by atoms with Crippen LogP contribution in [0, 0.1) is 0 Å². The molecule has 0 bridgehead atoms. The van der Waals surface area contributed by atoms with Gasteiger partial charge in [-0.2, -0.15) is 0 Å². The number of hydrogen-bond acceptors (Lipinski definition) is 2. The lowest BCUT2D eigenvalue weighted by atomic mass is 10.1. The van der Waals surface area contributed by atoms with Crippen LogP contribution in [-0.2, 0) is 4.74 Å². The molecule has 0 aliphatic carbocycles. The summed E-state index contributed by atoms with van der Waals surface area (Å²) in [5.74, 6) is 0. The van der Waals surface area contributed by atoms with Crippen molar-refractivity contribution < 1.29 is 9.53 Å². The number of ether oxygens (including phenoxy) is 1. The lowest BCUT2D eigenvalue weighted by molar-refractivity contribution is 0.154. The Hall–Kier alpha value is -0.990. The number of carbonyl (C=O) groups is 1. The molecule has 0 saturated carbocycles. The number of nitrogens with two attached hydrogens (primary N) is 1. The monoisotopic (exact) mass is 311 g/mol. The van der Waals surface area contributed by atoms with E-state index >= 15 is 0 Å². The summed E-state index contributed by atoms with van der Waals surface area (Å²) in [6, 6.07) is 0. The molecule has 0 aliphatic rings. The third kappa shape index (κ3) is 19.0. The summed E-state index contributed by atoms with van der Waals surface area (Å²) in [6.45, 7) is 2.73. The topological polar surface area (TPSA) is 52.3 Å². The number of carbonyl (C=O) groups excluding carboxylic acids is 1. The Morgan fingerprint density at radius 3 is 1.73 bits per heavy atom. The number of amides is 1. The van der Waals surface area contributed by atoms with E-state index in [1.165, 1.54) is 64.2 Å². The van der Waals surface area contributed by atoms with Crippen molar-refractivity contribution in [2.24, 2.45) is 5.73 Å². The highest BCUT2D eigenvalue weighted by molar-refractivity contribution is 5.64.